The monoisotopic (exact) mass is 242 g/mol. The molecule has 2 radical (unpaired) electrons. The highest BCUT2D eigenvalue weighted by Crippen LogP contribution is 2.20. The van der Waals surface area contributed by atoms with Crippen molar-refractivity contribution in [2.45, 2.75) is 26.3 Å². The molecule has 0 spiro atoms. The smallest absolute Gasteiger partial charge is 0.197 e. The molecule has 0 aliphatic carbocycles. The van der Waals surface area contributed by atoms with E-state index in [9.17, 15) is 0 Å². The molecule has 1 aliphatic rings. The Bertz CT molecular complexity index is 562. The van der Waals surface area contributed by atoms with E-state index in [-0.39, 0.29) is 0 Å². The molecule has 0 bridgehead atoms. The van der Waals surface area contributed by atoms with Crippen LogP contribution in [-0.2, 0) is 11.3 Å². The van der Waals surface area contributed by atoms with Crippen molar-refractivity contribution in [1.82, 2.24) is 19.5 Å². The van der Waals surface area contributed by atoms with Crippen LogP contribution in [0.25, 0.3) is 11.3 Å². The van der Waals surface area contributed by atoms with Crippen LogP contribution in [0.3, 0.4) is 0 Å². The number of hydrogen-bond donors (Lipinski definition) is 0. The summed E-state index contributed by atoms with van der Waals surface area (Å²) in [5.74, 6) is 1.57. The highest BCUT2D eigenvalue weighted by molar-refractivity contribution is 6.30. The number of imidazole rings is 1. The Hall–Kier alpha value is -1.43. The van der Waals surface area contributed by atoms with E-state index in [1.807, 2.05) is 6.92 Å². The summed E-state index contributed by atoms with van der Waals surface area (Å²) in [5.41, 5.74) is 1.91. The summed E-state index contributed by atoms with van der Waals surface area (Å²) < 4.78 is 7.50. The summed E-state index contributed by atoms with van der Waals surface area (Å²) in [7, 11) is 5.70. The minimum atomic E-state index is 0.440. The van der Waals surface area contributed by atoms with Crippen LogP contribution >= 0.6 is 0 Å². The van der Waals surface area contributed by atoms with E-state index in [2.05, 4.69) is 19.5 Å². The molecule has 6 heteroatoms. The third-order valence-electron chi connectivity index (χ3n) is 3.45. The molecule has 0 atom stereocenters. The normalized spacial score (nSPS) is 17.4. The van der Waals surface area contributed by atoms with E-state index in [1.54, 1.807) is 6.20 Å². The first kappa shape index (κ1) is 11.7. The number of fused-ring (bicyclic) bond motifs is 1. The van der Waals surface area contributed by atoms with Crippen LogP contribution in [0.2, 0.25) is 0 Å². The van der Waals surface area contributed by atoms with Gasteiger partial charge < -0.3 is 9.30 Å². The Labute approximate surface area is 107 Å². The Morgan fingerprint density at radius 1 is 1.39 bits per heavy atom. The number of aryl methyl sites for hydroxylation is 1. The molecular formula is C12H15BN4O. The molecule has 0 unspecified atom stereocenters. The fourth-order valence-electron chi connectivity index (χ4n) is 2.42. The lowest BCUT2D eigenvalue weighted by atomic mass is 10.0. The van der Waals surface area contributed by atoms with Crippen molar-refractivity contribution >= 4 is 24.7 Å². The van der Waals surface area contributed by atoms with Crippen LogP contribution in [0.15, 0.2) is 6.20 Å². The number of hydrogen-bond acceptors (Lipinski definition) is 4. The quantitative estimate of drug-likeness (QED) is 0.713. The van der Waals surface area contributed by atoms with E-state index in [0.29, 0.717) is 17.2 Å². The standard InChI is InChI=1S/C12H15BN4O/c1-8-15-11-12(16-10(13)6-14-11)17(8)7-9-2-4-18-5-3-9/h6,9H,2-5,7H2,1H3. The first-order valence-electron chi connectivity index (χ1n) is 6.27. The van der Waals surface area contributed by atoms with E-state index in [4.69, 9.17) is 12.6 Å². The molecule has 1 saturated heterocycles. The SMILES string of the molecule is [B]c1cnc2nc(C)n(CC3CCOCC3)c2n1. The second-order valence-electron chi connectivity index (χ2n) is 4.77. The molecule has 0 amide bonds. The van der Waals surface area contributed by atoms with Crippen LogP contribution in [0.4, 0.5) is 0 Å². The molecule has 5 nitrogen and oxygen atoms in total. The van der Waals surface area contributed by atoms with Crippen LogP contribution in [0.5, 0.6) is 0 Å². The summed E-state index contributed by atoms with van der Waals surface area (Å²) in [5, 5.41) is 0. The fraction of sp³-hybridized carbons (Fsp3) is 0.583. The highest BCUT2D eigenvalue weighted by Gasteiger charge is 2.18. The van der Waals surface area contributed by atoms with Crippen LogP contribution in [0, 0.1) is 12.8 Å². The molecule has 2 aromatic rings. The minimum absolute atomic E-state index is 0.440. The maximum absolute atomic E-state index is 5.70. The Morgan fingerprint density at radius 2 is 2.17 bits per heavy atom. The molecule has 3 heterocycles. The van der Waals surface area contributed by atoms with Crippen molar-refractivity contribution < 1.29 is 4.74 Å². The molecular weight excluding hydrogens is 227 g/mol. The number of ether oxygens (including phenoxy) is 1. The van der Waals surface area contributed by atoms with Gasteiger partial charge >= 0.3 is 0 Å². The lowest BCUT2D eigenvalue weighted by Gasteiger charge is -2.22. The van der Waals surface area contributed by atoms with Crippen LogP contribution in [0.1, 0.15) is 18.7 Å². The van der Waals surface area contributed by atoms with Gasteiger partial charge in [-0.15, -0.1) is 0 Å². The first-order valence-corrected chi connectivity index (χ1v) is 6.27. The summed E-state index contributed by atoms with van der Waals surface area (Å²) >= 11 is 0. The zero-order valence-corrected chi connectivity index (χ0v) is 10.5. The van der Waals surface area contributed by atoms with Gasteiger partial charge in [0.25, 0.3) is 0 Å². The lowest BCUT2D eigenvalue weighted by Crippen LogP contribution is -2.21. The molecule has 1 aliphatic heterocycles. The van der Waals surface area contributed by atoms with Gasteiger partial charge in [0.05, 0.1) is 0 Å². The maximum Gasteiger partial charge on any atom is 0.197 e. The van der Waals surface area contributed by atoms with Gasteiger partial charge in [0.2, 0.25) is 0 Å². The third-order valence-corrected chi connectivity index (χ3v) is 3.45. The second-order valence-corrected chi connectivity index (χ2v) is 4.77. The number of aromatic nitrogens is 4. The Kier molecular flexibility index (Phi) is 3.03. The molecule has 3 rings (SSSR count). The van der Waals surface area contributed by atoms with E-state index >= 15 is 0 Å². The Morgan fingerprint density at radius 3 is 2.94 bits per heavy atom. The van der Waals surface area contributed by atoms with Crippen LogP contribution < -0.4 is 5.59 Å². The average Bonchev–Trinajstić information content (AvgIpc) is 2.67. The van der Waals surface area contributed by atoms with Crippen LogP contribution in [-0.4, -0.2) is 40.6 Å². The molecule has 1 fully saturated rings. The first-order chi connectivity index (χ1) is 8.74. The van der Waals surface area contributed by atoms with Gasteiger partial charge in [0.15, 0.2) is 11.3 Å². The van der Waals surface area contributed by atoms with E-state index in [0.717, 1.165) is 44.1 Å². The van der Waals surface area contributed by atoms with E-state index < -0.39 is 0 Å². The van der Waals surface area contributed by atoms with Gasteiger partial charge in [-0.25, -0.2) is 15.0 Å². The topological polar surface area (TPSA) is 52.8 Å². The predicted octanol–water partition coefficient (Wildman–Crippen LogP) is 0.355. The van der Waals surface area contributed by atoms with Gasteiger partial charge in [0, 0.05) is 31.5 Å². The second kappa shape index (κ2) is 4.68. The number of nitrogens with zero attached hydrogens (tertiary/aromatic N) is 4. The van der Waals surface area contributed by atoms with Gasteiger partial charge in [-0.3, -0.25) is 0 Å². The van der Waals surface area contributed by atoms with Crippen molar-refractivity contribution in [1.29, 1.82) is 0 Å². The zero-order chi connectivity index (χ0) is 12.5. The molecule has 0 aromatic carbocycles. The summed E-state index contributed by atoms with van der Waals surface area (Å²) in [6, 6.07) is 0. The summed E-state index contributed by atoms with van der Waals surface area (Å²) in [6.45, 7) is 4.61. The lowest BCUT2D eigenvalue weighted by molar-refractivity contribution is 0.0614. The molecule has 2 aromatic heterocycles. The summed E-state index contributed by atoms with van der Waals surface area (Å²) in [4.78, 5) is 13.0. The van der Waals surface area contributed by atoms with Crippen molar-refractivity contribution in [2.75, 3.05) is 13.2 Å². The van der Waals surface area contributed by atoms with Gasteiger partial charge in [-0.2, -0.15) is 0 Å². The minimum Gasteiger partial charge on any atom is -0.381 e. The molecule has 0 N–H and O–H groups in total. The van der Waals surface area contributed by atoms with Crippen molar-refractivity contribution in [2.24, 2.45) is 5.92 Å². The Balaban J connectivity index is 1.94. The van der Waals surface area contributed by atoms with Gasteiger partial charge in [-0.1, -0.05) is 0 Å². The largest absolute Gasteiger partial charge is 0.381 e. The fourth-order valence-corrected chi connectivity index (χ4v) is 2.42. The average molecular weight is 242 g/mol. The maximum atomic E-state index is 5.70. The highest BCUT2D eigenvalue weighted by atomic mass is 16.5. The summed E-state index contributed by atoms with van der Waals surface area (Å²) in [6.07, 6.45) is 3.73. The van der Waals surface area contributed by atoms with E-state index in [1.165, 1.54) is 0 Å². The molecule has 0 saturated carbocycles. The zero-order valence-electron chi connectivity index (χ0n) is 10.5. The number of rotatable bonds is 2. The molecule has 92 valence electrons. The van der Waals surface area contributed by atoms with Crippen molar-refractivity contribution in [3.8, 4) is 0 Å². The van der Waals surface area contributed by atoms with Gasteiger partial charge in [-0.05, 0) is 25.7 Å². The van der Waals surface area contributed by atoms with Crippen molar-refractivity contribution in [3.05, 3.63) is 12.0 Å². The van der Waals surface area contributed by atoms with Gasteiger partial charge in [0.1, 0.15) is 13.7 Å². The third kappa shape index (κ3) is 2.12. The predicted molar refractivity (Wildman–Crippen MR) is 69.0 cm³/mol. The molecule has 18 heavy (non-hydrogen) atoms. The van der Waals surface area contributed by atoms with Crippen molar-refractivity contribution in [3.63, 3.8) is 0 Å².